The minimum absolute atomic E-state index is 0.209. The normalized spacial score (nSPS) is 21.1. The molecule has 51 heavy (non-hydrogen) atoms. The molecule has 0 saturated carbocycles. The van der Waals surface area contributed by atoms with Crippen molar-refractivity contribution in [2.75, 3.05) is 19.8 Å². The molecular formula is C41H78O10. The van der Waals surface area contributed by atoms with E-state index in [0.717, 1.165) is 38.5 Å². The summed E-state index contributed by atoms with van der Waals surface area (Å²) < 4.78 is 22.1. The Morgan fingerprint density at radius 1 is 0.529 bits per heavy atom. The molecule has 1 aliphatic heterocycles. The first-order valence-electron chi connectivity index (χ1n) is 21.1. The van der Waals surface area contributed by atoms with Crippen LogP contribution in [0.25, 0.3) is 0 Å². The fourth-order valence-electron chi connectivity index (χ4n) is 6.60. The summed E-state index contributed by atoms with van der Waals surface area (Å²) in [6.45, 7) is 3.42. The number of aliphatic hydroxyl groups is 4. The Labute approximate surface area is 310 Å². The molecule has 10 nitrogen and oxygen atoms in total. The zero-order chi connectivity index (χ0) is 37.4. The molecule has 6 atom stereocenters. The van der Waals surface area contributed by atoms with E-state index in [4.69, 9.17) is 18.9 Å². The lowest BCUT2D eigenvalue weighted by Gasteiger charge is -2.39. The van der Waals surface area contributed by atoms with Gasteiger partial charge in [-0.1, -0.05) is 168 Å². The minimum atomic E-state index is -1.59. The maximum absolute atomic E-state index is 12.7. The van der Waals surface area contributed by atoms with Crippen molar-refractivity contribution in [1.82, 2.24) is 0 Å². The van der Waals surface area contributed by atoms with E-state index in [9.17, 15) is 30.0 Å². The number of ether oxygens (including phenoxy) is 4. The van der Waals surface area contributed by atoms with Crippen LogP contribution in [-0.4, -0.2) is 89.0 Å². The predicted octanol–water partition coefficient (Wildman–Crippen LogP) is 8.22. The number of carbonyl (C=O) groups excluding carboxylic acids is 2. The van der Waals surface area contributed by atoms with Crippen molar-refractivity contribution >= 4 is 11.9 Å². The fraction of sp³-hybridized carbons (Fsp3) is 0.951. The first kappa shape index (κ1) is 47.7. The van der Waals surface area contributed by atoms with Crippen LogP contribution >= 0.6 is 0 Å². The van der Waals surface area contributed by atoms with E-state index in [0.29, 0.717) is 6.42 Å². The molecule has 0 radical (unpaired) electrons. The van der Waals surface area contributed by atoms with Crippen LogP contribution in [0.5, 0.6) is 0 Å². The molecule has 1 heterocycles. The zero-order valence-electron chi connectivity index (χ0n) is 32.6. The largest absolute Gasteiger partial charge is 0.462 e. The van der Waals surface area contributed by atoms with Gasteiger partial charge < -0.3 is 39.4 Å². The standard InChI is InChI=1S/C41H78O10/c1-3-5-7-9-11-13-15-16-17-18-19-20-22-23-25-27-29-36(43)48-32-34(33-49-41-40(47)39(46)38(45)35(31-42)51-41)50-37(44)30-28-26-24-21-14-12-10-8-6-4-2/h34-35,38-42,45-47H,3-33H2,1-2H3/t34-,35-,38+,39?,40?,41-/m0/s1. The average Bonchev–Trinajstić information content (AvgIpc) is 3.13. The molecule has 0 amide bonds. The van der Waals surface area contributed by atoms with Gasteiger partial charge in [-0.2, -0.15) is 0 Å². The third-order valence-electron chi connectivity index (χ3n) is 9.99. The predicted molar refractivity (Wildman–Crippen MR) is 201 cm³/mol. The molecule has 0 bridgehead atoms. The van der Waals surface area contributed by atoms with Gasteiger partial charge in [-0.25, -0.2) is 0 Å². The Balaban J connectivity index is 2.32. The molecule has 1 fully saturated rings. The fourth-order valence-corrected chi connectivity index (χ4v) is 6.60. The quantitative estimate of drug-likeness (QED) is 0.0371. The SMILES string of the molecule is CCCCCCCCCCCCCCCCCCC(=O)OC[C@@H](CO[C@H]1O[C@@H](CO)[C@@H](O)C(O)C1O)OC(=O)CCCCCCCCCCCC. The lowest BCUT2D eigenvalue weighted by Crippen LogP contribution is -2.59. The third-order valence-corrected chi connectivity index (χ3v) is 9.99. The maximum Gasteiger partial charge on any atom is 0.306 e. The molecule has 302 valence electrons. The van der Waals surface area contributed by atoms with Crippen LogP contribution in [0.15, 0.2) is 0 Å². The van der Waals surface area contributed by atoms with E-state index in [2.05, 4.69) is 13.8 Å². The van der Waals surface area contributed by atoms with Gasteiger partial charge in [0.2, 0.25) is 0 Å². The van der Waals surface area contributed by atoms with Crippen molar-refractivity contribution in [3.63, 3.8) is 0 Å². The highest BCUT2D eigenvalue weighted by atomic mass is 16.7. The summed E-state index contributed by atoms with van der Waals surface area (Å²) in [7, 11) is 0. The van der Waals surface area contributed by atoms with Gasteiger partial charge in [0.1, 0.15) is 31.0 Å². The Morgan fingerprint density at radius 3 is 1.33 bits per heavy atom. The molecule has 4 N–H and O–H groups in total. The molecule has 10 heteroatoms. The highest BCUT2D eigenvalue weighted by Gasteiger charge is 2.44. The minimum Gasteiger partial charge on any atom is -0.462 e. The van der Waals surface area contributed by atoms with Gasteiger partial charge >= 0.3 is 11.9 Å². The lowest BCUT2D eigenvalue weighted by molar-refractivity contribution is -0.305. The third kappa shape index (κ3) is 25.4. The Kier molecular flexibility index (Phi) is 31.1. The van der Waals surface area contributed by atoms with Gasteiger partial charge in [-0.15, -0.1) is 0 Å². The summed E-state index contributed by atoms with van der Waals surface area (Å²) in [5.74, 6) is -0.797. The second kappa shape index (κ2) is 33.3. The lowest BCUT2D eigenvalue weighted by atomic mass is 9.99. The second-order valence-corrected chi connectivity index (χ2v) is 14.8. The summed E-state index contributed by atoms with van der Waals surface area (Å²) >= 11 is 0. The first-order valence-corrected chi connectivity index (χ1v) is 21.1. The van der Waals surface area contributed by atoms with E-state index >= 15 is 0 Å². The van der Waals surface area contributed by atoms with Crippen LogP contribution < -0.4 is 0 Å². The van der Waals surface area contributed by atoms with Gasteiger partial charge in [-0.05, 0) is 12.8 Å². The number of carbonyl (C=O) groups is 2. The molecule has 1 rings (SSSR count). The van der Waals surface area contributed by atoms with Crippen LogP contribution in [0.1, 0.15) is 194 Å². The van der Waals surface area contributed by atoms with Gasteiger partial charge in [0, 0.05) is 12.8 Å². The van der Waals surface area contributed by atoms with Crippen molar-refractivity contribution in [1.29, 1.82) is 0 Å². The van der Waals surface area contributed by atoms with Crippen molar-refractivity contribution < 1.29 is 49.0 Å². The Morgan fingerprint density at radius 2 is 0.922 bits per heavy atom. The smallest absolute Gasteiger partial charge is 0.306 e. The van der Waals surface area contributed by atoms with Crippen LogP contribution in [0, 0.1) is 0 Å². The highest BCUT2D eigenvalue weighted by molar-refractivity contribution is 5.70. The van der Waals surface area contributed by atoms with Crippen LogP contribution in [0.2, 0.25) is 0 Å². The first-order chi connectivity index (χ1) is 24.8. The van der Waals surface area contributed by atoms with Crippen LogP contribution in [-0.2, 0) is 28.5 Å². The number of hydrogen-bond acceptors (Lipinski definition) is 10. The van der Waals surface area contributed by atoms with Gasteiger partial charge in [-0.3, -0.25) is 9.59 Å². The molecule has 0 aromatic rings. The average molecular weight is 731 g/mol. The monoisotopic (exact) mass is 731 g/mol. The molecule has 0 aliphatic carbocycles. The Bertz CT molecular complexity index is 809. The maximum atomic E-state index is 12.7. The summed E-state index contributed by atoms with van der Waals surface area (Å²) in [6, 6.07) is 0. The number of rotatable bonds is 35. The summed E-state index contributed by atoms with van der Waals surface area (Å²) in [6.07, 6.45) is 24.0. The Hall–Kier alpha value is -1.30. The van der Waals surface area contributed by atoms with E-state index < -0.39 is 49.4 Å². The van der Waals surface area contributed by atoms with E-state index in [-0.39, 0.29) is 32.0 Å². The van der Waals surface area contributed by atoms with Crippen molar-refractivity contribution in [2.24, 2.45) is 0 Å². The van der Waals surface area contributed by atoms with E-state index in [1.54, 1.807) is 0 Å². The zero-order valence-corrected chi connectivity index (χ0v) is 32.6. The van der Waals surface area contributed by atoms with E-state index in [1.807, 2.05) is 0 Å². The molecule has 0 spiro atoms. The second-order valence-electron chi connectivity index (χ2n) is 14.8. The molecular weight excluding hydrogens is 652 g/mol. The van der Waals surface area contributed by atoms with Crippen LogP contribution in [0.4, 0.5) is 0 Å². The van der Waals surface area contributed by atoms with Crippen LogP contribution in [0.3, 0.4) is 0 Å². The molecule has 1 aliphatic rings. The topological polar surface area (TPSA) is 152 Å². The molecule has 1 saturated heterocycles. The van der Waals surface area contributed by atoms with Crippen molar-refractivity contribution in [3.05, 3.63) is 0 Å². The number of aliphatic hydroxyl groups excluding tert-OH is 4. The summed E-state index contributed by atoms with van der Waals surface area (Å²) in [4.78, 5) is 25.2. The van der Waals surface area contributed by atoms with Gasteiger partial charge in [0.25, 0.3) is 0 Å². The summed E-state index contributed by atoms with van der Waals surface area (Å²) in [5.41, 5.74) is 0. The van der Waals surface area contributed by atoms with Crippen molar-refractivity contribution in [2.45, 2.75) is 230 Å². The summed E-state index contributed by atoms with van der Waals surface area (Å²) in [5, 5.41) is 39.9. The van der Waals surface area contributed by atoms with E-state index in [1.165, 1.54) is 122 Å². The number of hydrogen-bond donors (Lipinski definition) is 4. The molecule has 0 aromatic carbocycles. The molecule has 0 aromatic heterocycles. The van der Waals surface area contributed by atoms with Crippen molar-refractivity contribution in [3.8, 4) is 0 Å². The number of esters is 2. The van der Waals surface area contributed by atoms with Gasteiger partial charge in [0.05, 0.1) is 13.2 Å². The highest BCUT2D eigenvalue weighted by Crippen LogP contribution is 2.23. The van der Waals surface area contributed by atoms with Gasteiger partial charge in [0.15, 0.2) is 12.4 Å². The number of unbranched alkanes of at least 4 members (excludes halogenated alkanes) is 24. The molecule has 2 unspecified atom stereocenters.